The van der Waals surface area contributed by atoms with Gasteiger partial charge in [-0.3, -0.25) is 0 Å². The van der Waals surface area contributed by atoms with Crippen LogP contribution in [0.3, 0.4) is 0 Å². The van der Waals surface area contributed by atoms with Gasteiger partial charge in [0.1, 0.15) is 6.04 Å². The standard InChI is InChI=1S/C14H19BrN2O4/c1-21-8-4-7-12(13(18)19)17-14(20)16-9-10-5-2-3-6-11(10)15/h2-3,5-6,12H,4,7-9H2,1H3,(H,18,19)(H2,16,17,20). The van der Waals surface area contributed by atoms with E-state index in [0.29, 0.717) is 26.0 Å². The number of aliphatic carboxylic acids is 1. The predicted molar refractivity (Wildman–Crippen MR) is 82.0 cm³/mol. The molecule has 116 valence electrons. The normalized spacial score (nSPS) is 11.7. The fourth-order valence-corrected chi connectivity index (χ4v) is 2.14. The quantitative estimate of drug-likeness (QED) is 0.621. The predicted octanol–water partition coefficient (Wildman–Crippen LogP) is 2.13. The fraction of sp³-hybridized carbons (Fsp3) is 0.429. The van der Waals surface area contributed by atoms with Crippen LogP contribution in [-0.2, 0) is 16.1 Å². The minimum Gasteiger partial charge on any atom is -0.480 e. The summed E-state index contributed by atoms with van der Waals surface area (Å²) in [6, 6.07) is 6.07. The van der Waals surface area contributed by atoms with Crippen LogP contribution in [0, 0.1) is 0 Å². The summed E-state index contributed by atoms with van der Waals surface area (Å²) in [7, 11) is 1.55. The Balaban J connectivity index is 2.43. The van der Waals surface area contributed by atoms with E-state index in [-0.39, 0.29) is 0 Å². The lowest BCUT2D eigenvalue weighted by molar-refractivity contribution is -0.139. The number of carbonyl (C=O) groups is 2. The second kappa shape index (κ2) is 9.36. The molecule has 1 aromatic carbocycles. The highest BCUT2D eigenvalue weighted by molar-refractivity contribution is 9.10. The number of hydrogen-bond acceptors (Lipinski definition) is 3. The number of urea groups is 1. The zero-order valence-corrected chi connectivity index (χ0v) is 13.4. The third-order valence-corrected chi connectivity index (χ3v) is 3.62. The molecular formula is C14H19BrN2O4. The van der Waals surface area contributed by atoms with Gasteiger partial charge < -0.3 is 20.5 Å². The van der Waals surface area contributed by atoms with Gasteiger partial charge in [0.2, 0.25) is 0 Å². The minimum atomic E-state index is -1.05. The van der Waals surface area contributed by atoms with Gasteiger partial charge in [-0.15, -0.1) is 0 Å². The number of carboxylic acids is 1. The number of halogens is 1. The van der Waals surface area contributed by atoms with Gasteiger partial charge in [-0.2, -0.15) is 0 Å². The zero-order chi connectivity index (χ0) is 15.7. The van der Waals surface area contributed by atoms with E-state index >= 15 is 0 Å². The van der Waals surface area contributed by atoms with Crippen molar-refractivity contribution < 1.29 is 19.4 Å². The van der Waals surface area contributed by atoms with Crippen molar-refractivity contribution in [3.63, 3.8) is 0 Å². The Kier molecular flexibility index (Phi) is 7.78. The number of nitrogens with one attached hydrogen (secondary N) is 2. The molecule has 0 bridgehead atoms. The molecule has 0 fully saturated rings. The molecule has 0 saturated carbocycles. The fourth-order valence-electron chi connectivity index (χ4n) is 1.72. The van der Waals surface area contributed by atoms with E-state index in [4.69, 9.17) is 9.84 Å². The molecule has 0 heterocycles. The first-order valence-electron chi connectivity index (χ1n) is 6.54. The van der Waals surface area contributed by atoms with Gasteiger partial charge in [0.25, 0.3) is 0 Å². The van der Waals surface area contributed by atoms with Crippen LogP contribution >= 0.6 is 15.9 Å². The van der Waals surface area contributed by atoms with Gasteiger partial charge in [-0.25, -0.2) is 9.59 Å². The lowest BCUT2D eigenvalue weighted by Gasteiger charge is -2.15. The van der Waals surface area contributed by atoms with E-state index in [1.807, 2.05) is 24.3 Å². The Bertz CT molecular complexity index is 482. The molecule has 0 radical (unpaired) electrons. The number of rotatable bonds is 8. The second-order valence-electron chi connectivity index (χ2n) is 4.44. The zero-order valence-electron chi connectivity index (χ0n) is 11.8. The molecule has 21 heavy (non-hydrogen) atoms. The lowest BCUT2D eigenvalue weighted by Crippen LogP contribution is -2.45. The van der Waals surface area contributed by atoms with Crippen LogP contribution in [0.5, 0.6) is 0 Å². The highest BCUT2D eigenvalue weighted by Gasteiger charge is 2.19. The Morgan fingerprint density at radius 3 is 2.71 bits per heavy atom. The summed E-state index contributed by atoms with van der Waals surface area (Å²) in [4.78, 5) is 22.8. The van der Waals surface area contributed by atoms with Gasteiger partial charge in [0.05, 0.1) is 0 Å². The molecule has 0 aromatic heterocycles. The Morgan fingerprint density at radius 2 is 2.10 bits per heavy atom. The van der Waals surface area contributed by atoms with Crippen LogP contribution < -0.4 is 10.6 Å². The summed E-state index contributed by atoms with van der Waals surface area (Å²) in [5.74, 6) is -1.05. The molecule has 0 spiro atoms. The van der Waals surface area contributed by atoms with Crippen LogP contribution in [0.2, 0.25) is 0 Å². The Labute approximate surface area is 132 Å². The molecule has 6 nitrogen and oxygen atoms in total. The van der Waals surface area contributed by atoms with Crippen LogP contribution in [0.15, 0.2) is 28.7 Å². The summed E-state index contributed by atoms with van der Waals surface area (Å²) in [5.41, 5.74) is 0.916. The van der Waals surface area contributed by atoms with Gasteiger partial charge in [0.15, 0.2) is 0 Å². The number of hydrogen-bond donors (Lipinski definition) is 3. The first-order valence-corrected chi connectivity index (χ1v) is 7.33. The number of amides is 2. The summed E-state index contributed by atoms with van der Waals surface area (Å²) in [6.45, 7) is 0.779. The minimum absolute atomic E-state index is 0.317. The molecule has 0 saturated heterocycles. The SMILES string of the molecule is COCCCC(NC(=O)NCc1ccccc1Br)C(=O)O. The third kappa shape index (κ3) is 6.59. The molecule has 1 rings (SSSR count). The monoisotopic (exact) mass is 358 g/mol. The first kappa shape index (κ1) is 17.5. The second-order valence-corrected chi connectivity index (χ2v) is 5.30. The molecule has 7 heteroatoms. The lowest BCUT2D eigenvalue weighted by atomic mass is 10.1. The molecule has 0 aliphatic heterocycles. The summed E-state index contributed by atoms with van der Waals surface area (Å²) >= 11 is 3.38. The molecule has 1 atom stereocenters. The van der Waals surface area contributed by atoms with Crippen molar-refractivity contribution in [3.05, 3.63) is 34.3 Å². The van der Waals surface area contributed by atoms with Crippen molar-refractivity contribution in [1.29, 1.82) is 0 Å². The van der Waals surface area contributed by atoms with Crippen LogP contribution in [0.1, 0.15) is 18.4 Å². The van der Waals surface area contributed by atoms with Crippen molar-refractivity contribution in [3.8, 4) is 0 Å². The van der Waals surface area contributed by atoms with E-state index < -0.39 is 18.0 Å². The smallest absolute Gasteiger partial charge is 0.326 e. The average Bonchev–Trinajstić information content (AvgIpc) is 2.45. The molecule has 1 unspecified atom stereocenters. The van der Waals surface area contributed by atoms with Crippen molar-refractivity contribution in [2.75, 3.05) is 13.7 Å². The number of ether oxygens (including phenoxy) is 1. The summed E-state index contributed by atoms with van der Waals surface area (Å²) in [6.07, 6.45) is 0.892. The number of methoxy groups -OCH3 is 1. The topological polar surface area (TPSA) is 87.7 Å². The molecule has 0 aliphatic rings. The summed E-state index contributed by atoms with van der Waals surface area (Å²) < 4.78 is 5.76. The number of carbonyl (C=O) groups excluding carboxylic acids is 1. The Morgan fingerprint density at radius 1 is 1.38 bits per heavy atom. The highest BCUT2D eigenvalue weighted by Crippen LogP contribution is 2.15. The van der Waals surface area contributed by atoms with Crippen LogP contribution in [0.4, 0.5) is 4.79 Å². The third-order valence-electron chi connectivity index (χ3n) is 2.84. The molecular weight excluding hydrogens is 340 g/mol. The maximum absolute atomic E-state index is 11.7. The van der Waals surface area contributed by atoms with Gasteiger partial charge >= 0.3 is 12.0 Å². The van der Waals surface area contributed by atoms with Gasteiger partial charge in [-0.05, 0) is 24.5 Å². The van der Waals surface area contributed by atoms with Crippen molar-refractivity contribution in [2.24, 2.45) is 0 Å². The first-order chi connectivity index (χ1) is 10.0. The van der Waals surface area contributed by atoms with E-state index in [1.54, 1.807) is 7.11 Å². The molecule has 0 aliphatic carbocycles. The van der Waals surface area contributed by atoms with E-state index in [9.17, 15) is 9.59 Å². The maximum atomic E-state index is 11.7. The largest absolute Gasteiger partial charge is 0.480 e. The van der Waals surface area contributed by atoms with E-state index in [0.717, 1.165) is 10.0 Å². The van der Waals surface area contributed by atoms with E-state index in [2.05, 4.69) is 26.6 Å². The Hall–Kier alpha value is -1.60. The molecule has 1 aromatic rings. The van der Waals surface area contributed by atoms with Crippen molar-refractivity contribution in [2.45, 2.75) is 25.4 Å². The van der Waals surface area contributed by atoms with Crippen molar-refractivity contribution in [1.82, 2.24) is 10.6 Å². The number of benzene rings is 1. The highest BCUT2D eigenvalue weighted by atomic mass is 79.9. The molecule has 3 N–H and O–H groups in total. The molecule has 2 amide bonds. The van der Waals surface area contributed by atoms with E-state index in [1.165, 1.54) is 0 Å². The van der Waals surface area contributed by atoms with Gasteiger partial charge in [-0.1, -0.05) is 34.1 Å². The van der Waals surface area contributed by atoms with Gasteiger partial charge in [0, 0.05) is 24.7 Å². The summed E-state index contributed by atoms with van der Waals surface area (Å²) in [5, 5.41) is 14.1. The van der Waals surface area contributed by atoms with Crippen LogP contribution in [0.25, 0.3) is 0 Å². The average molecular weight is 359 g/mol. The maximum Gasteiger partial charge on any atom is 0.326 e. The van der Waals surface area contributed by atoms with Crippen LogP contribution in [-0.4, -0.2) is 36.9 Å². The van der Waals surface area contributed by atoms with Crippen molar-refractivity contribution >= 4 is 27.9 Å². The number of carboxylic acid groups (broad SMARTS) is 1.